The van der Waals surface area contributed by atoms with Crippen LogP contribution < -0.4 is 5.73 Å². The highest BCUT2D eigenvalue weighted by atomic mass is 15.2. The van der Waals surface area contributed by atoms with Crippen molar-refractivity contribution >= 4 is 0 Å². The summed E-state index contributed by atoms with van der Waals surface area (Å²) in [6.07, 6.45) is 12.2. The lowest BCUT2D eigenvalue weighted by atomic mass is 9.87. The molecular weight excluding hydrogens is 220 g/mol. The Morgan fingerprint density at radius 3 is 2.56 bits per heavy atom. The van der Waals surface area contributed by atoms with E-state index in [0.29, 0.717) is 5.54 Å². The number of nitrogens with zero attached hydrogens (tertiary/aromatic N) is 1. The lowest BCUT2D eigenvalue weighted by Crippen LogP contribution is -2.52. The first-order valence-electron chi connectivity index (χ1n) is 8.09. The number of hydrogen-bond acceptors (Lipinski definition) is 2. The van der Waals surface area contributed by atoms with Gasteiger partial charge in [0.1, 0.15) is 0 Å². The average Bonchev–Trinajstić information content (AvgIpc) is 2.60. The molecule has 0 aliphatic heterocycles. The molecule has 1 aliphatic rings. The summed E-state index contributed by atoms with van der Waals surface area (Å²) in [5, 5.41) is 0. The molecule has 0 amide bonds. The second kappa shape index (κ2) is 8.16. The molecule has 2 heteroatoms. The van der Waals surface area contributed by atoms with Gasteiger partial charge in [-0.1, -0.05) is 46.0 Å². The maximum atomic E-state index is 6.16. The highest BCUT2D eigenvalue weighted by Crippen LogP contribution is 2.35. The summed E-state index contributed by atoms with van der Waals surface area (Å²) >= 11 is 0. The van der Waals surface area contributed by atoms with Crippen molar-refractivity contribution in [3.05, 3.63) is 0 Å². The van der Waals surface area contributed by atoms with Crippen LogP contribution in [-0.4, -0.2) is 30.6 Å². The zero-order valence-corrected chi connectivity index (χ0v) is 12.9. The third-order valence-corrected chi connectivity index (χ3v) is 5.01. The topological polar surface area (TPSA) is 29.3 Å². The summed E-state index contributed by atoms with van der Waals surface area (Å²) in [5.41, 5.74) is 6.46. The van der Waals surface area contributed by atoms with Crippen molar-refractivity contribution in [2.24, 2.45) is 11.7 Å². The molecule has 2 nitrogen and oxygen atoms in total. The number of hydrogen-bond donors (Lipinski definition) is 1. The minimum atomic E-state index is 0.303. The molecule has 1 fully saturated rings. The van der Waals surface area contributed by atoms with Crippen LogP contribution in [0, 0.1) is 5.92 Å². The largest absolute Gasteiger partial charge is 0.329 e. The Balaban J connectivity index is 2.58. The Morgan fingerprint density at radius 1 is 1.17 bits per heavy atom. The summed E-state index contributed by atoms with van der Waals surface area (Å²) in [6, 6.07) is 0. The standard InChI is InChI=1S/C16H34N2/c1-4-6-13-18(3)16(14-17)11-7-9-15(8-5-2)10-12-16/h15H,4-14,17H2,1-3H3. The van der Waals surface area contributed by atoms with Gasteiger partial charge in [0, 0.05) is 12.1 Å². The summed E-state index contributed by atoms with van der Waals surface area (Å²) in [5.74, 6) is 0.961. The van der Waals surface area contributed by atoms with E-state index >= 15 is 0 Å². The van der Waals surface area contributed by atoms with Gasteiger partial charge in [-0.25, -0.2) is 0 Å². The van der Waals surface area contributed by atoms with E-state index < -0.39 is 0 Å². The predicted octanol–water partition coefficient (Wildman–Crippen LogP) is 3.80. The van der Waals surface area contributed by atoms with Gasteiger partial charge in [-0.15, -0.1) is 0 Å². The van der Waals surface area contributed by atoms with Crippen LogP contribution in [0.3, 0.4) is 0 Å². The Kier molecular flexibility index (Phi) is 7.25. The number of likely N-dealkylation sites (N-methyl/N-ethyl adjacent to an activating group) is 1. The average molecular weight is 254 g/mol. The molecule has 0 radical (unpaired) electrons. The van der Waals surface area contributed by atoms with E-state index in [2.05, 4.69) is 25.8 Å². The lowest BCUT2D eigenvalue weighted by molar-refractivity contribution is 0.104. The van der Waals surface area contributed by atoms with E-state index in [9.17, 15) is 0 Å². The molecule has 0 spiro atoms. The van der Waals surface area contributed by atoms with Crippen LogP contribution in [0.1, 0.15) is 71.6 Å². The summed E-state index contributed by atoms with van der Waals surface area (Å²) < 4.78 is 0. The van der Waals surface area contributed by atoms with E-state index in [1.54, 1.807) is 0 Å². The van der Waals surface area contributed by atoms with Crippen molar-refractivity contribution in [2.45, 2.75) is 77.2 Å². The summed E-state index contributed by atoms with van der Waals surface area (Å²) in [7, 11) is 2.29. The van der Waals surface area contributed by atoms with Crippen LogP contribution in [0.2, 0.25) is 0 Å². The maximum absolute atomic E-state index is 6.16. The highest BCUT2D eigenvalue weighted by molar-refractivity contribution is 4.93. The maximum Gasteiger partial charge on any atom is 0.0328 e. The van der Waals surface area contributed by atoms with Gasteiger partial charge in [0.25, 0.3) is 0 Å². The number of unbranched alkanes of at least 4 members (excludes halogenated alkanes) is 1. The van der Waals surface area contributed by atoms with Gasteiger partial charge < -0.3 is 5.73 Å². The first-order valence-corrected chi connectivity index (χ1v) is 8.09. The Morgan fingerprint density at radius 2 is 1.94 bits per heavy atom. The van der Waals surface area contributed by atoms with Crippen molar-refractivity contribution in [2.75, 3.05) is 20.1 Å². The van der Waals surface area contributed by atoms with Crippen LogP contribution in [-0.2, 0) is 0 Å². The van der Waals surface area contributed by atoms with Gasteiger partial charge in [0.15, 0.2) is 0 Å². The molecule has 0 aromatic carbocycles. The molecule has 1 saturated carbocycles. The molecule has 18 heavy (non-hydrogen) atoms. The van der Waals surface area contributed by atoms with Crippen molar-refractivity contribution < 1.29 is 0 Å². The zero-order chi connectivity index (χ0) is 13.4. The second-order valence-electron chi connectivity index (χ2n) is 6.29. The minimum Gasteiger partial charge on any atom is -0.329 e. The van der Waals surface area contributed by atoms with Gasteiger partial charge >= 0.3 is 0 Å². The number of nitrogens with two attached hydrogens (primary N) is 1. The Labute approximate surface area is 114 Å². The van der Waals surface area contributed by atoms with E-state index in [1.165, 1.54) is 64.3 Å². The fraction of sp³-hybridized carbons (Fsp3) is 1.00. The summed E-state index contributed by atoms with van der Waals surface area (Å²) in [6.45, 7) is 6.64. The molecule has 1 aliphatic carbocycles. The van der Waals surface area contributed by atoms with E-state index in [-0.39, 0.29) is 0 Å². The highest BCUT2D eigenvalue weighted by Gasteiger charge is 2.34. The molecule has 0 aromatic heterocycles. The predicted molar refractivity (Wildman–Crippen MR) is 80.8 cm³/mol. The van der Waals surface area contributed by atoms with Crippen molar-refractivity contribution in [3.63, 3.8) is 0 Å². The lowest BCUT2D eigenvalue weighted by Gasteiger charge is -2.41. The van der Waals surface area contributed by atoms with Gasteiger partial charge in [-0.05, 0) is 45.2 Å². The molecule has 1 rings (SSSR count). The minimum absolute atomic E-state index is 0.303. The Bertz CT molecular complexity index is 217. The third kappa shape index (κ3) is 4.24. The fourth-order valence-corrected chi connectivity index (χ4v) is 3.53. The van der Waals surface area contributed by atoms with Crippen LogP contribution in [0.4, 0.5) is 0 Å². The first kappa shape index (κ1) is 16.0. The van der Waals surface area contributed by atoms with Crippen molar-refractivity contribution in [1.29, 1.82) is 0 Å². The zero-order valence-electron chi connectivity index (χ0n) is 12.9. The molecule has 0 heterocycles. The molecule has 0 bridgehead atoms. The van der Waals surface area contributed by atoms with Crippen LogP contribution in [0.25, 0.3) is 0 Å². The van der Waals surface area contributed by atoms with Crippen LogP contribution >= 0.6 is 0 Å². The Hall–Kier alpha value is -0.0800. The quantitative estimate of drug-likeness (QED) is 0.700. The van der Waals surface area contributed by atoms with Gasteiger partial charge in [0.2, 0.25) is 0 Å². The first-order chi connectivity index (χ1) is 8.68. The van der Waals surface area contributed by atoms with Crippen molar-refractivity contribution in [3.8, 4) is 0 Å². The smallest absolute Gasteiger partial charge is 0.0328 e. The van der Waals surface area contributed by atoms with E-state index in [1.807, 2.05) is 0 Å². The van der Waals surface area contributed by atoms with Crippen LogP contribution in [0.15, 0.2) is 0 Å². The number of rotatable bonds is 7. The van der Waals surface area contributed by atoms with E-state index in [0.717, 1.165) is 12.5 Å². The SMILES string of the molecule is CCCCN(C)C1(CN)CCCC(CCC)CC1. The fourth-order valence-electron chi connectivity index (χ4n) is 3.53. The normalized spacial score (nSPS) is 29.5. The molecule has 0 saturated heterocycles. The van der Waals surface area contributed by atoms with Crippen molar-refractivity contribution in [1.82, 2.24) is 4.90 Å². The van der Waals surface area contributed by atoms with E-state index in [4.69, 9.17) is 5.73 Å². The molecule has 108 valence electrons. The third-order valence-electron chi connectivity index (χ3n) is 5.01. The van der Waals surface area contributed by atoms with Gasteiger partial charge in [-0.3, -0.25) is 4.90 Å². The monoisotopic (exact) mass is 254 g/mol. The molecule has 2 N–H and O–H groups in total. The van der Waals surface area contributed by atoms with Gasteiger partial charge in [-0.2, -0.15) is 0 Å². The van der Waals surface area contributed by atoms with Gasteiger partial charge in [0.05, 0.1) is 0 Å². The molecule has 0 aromatic rings. The second-order valence-corrected chi connectivity index (χ2v) is 6.29. The summed E-state index contributed by atoms with van der Waals surface area (Å²) in [4.78, 5) is 2.57. The molecule has 2 unspecified atom stereocenters. The molecular formula is C16H34N2. The molecule has 2 atom stereocenters. The van der Waals surface area contributed by atoms with Crippen LogP contribution in [0.5, 0.6) is 0 Å².